The first-order valence-electron chi connectivity index (χ1n) is 4.71. The van der Waals surface area contributed by atoms with Crippen molar-refractivity contribution in [3.05, 3.63) is 35.7 Å². The van der Waals surface area contributed by atoms with Gasteiger partial charge in [-0.1, -0.05) is 12.1 Å². The molecule has 1 atom stereocenters. The summed E-state index contributed by atoms with van der Waals surface area (Å²) in [4.78, 5) is 12.0. The number of carbonyl (C=O) groups excluding carboxylic acids is 1. The van der Waals surface area contributed by atoms with Crippen LogP contribution < -0.4 is 0 Å². The third kappa shape index (κ3) is 0.971. The van der Waals surface area contributed by atoms with Crippen molar-refractivity contribution in [3.8, 4) is 5.69 Å². The Kier molecular flexibility index (Phi) is 1.50. The highest BCUT2D eigenvalue weighted by Gasteiger charge is 2.31. The van der Waals surface area contributed by atoms with Crippen molar-refractivity contribution in [2.75, 3.05) is 0 Å². The summed E-state index contributed by atoms with van der Waals surface area (Å²) in [6.07, 6.45) is 0. The number of tetrazole rings is 1. The number of carbonyl (C=O) groups is 1. The van der Waals surface area contributed by atoms with E-state index in [1.54, 1.807) is 10.7 Å². The monoisotopic (exact) mass is 200 g/mol. The molecule has 5 heteroatoms. The van der Waals surface area contributed by atoms with E-state index in [2.05, 4.69) is 15.5 Å². The molecule has 2 heterocycles. The Morgan fingerprint density at radius 1 is 1.33 bits per heavy atom. The summed E-state index contributed by atoms with van der Waals surface area (Å²) in [5.74, 6) is 0.418. The van der Waals surface area contributed by atoms with Crippen LogP contribution in [0.5, 0.6) is 0 Å². The zero-order chi connectivity index (χ0) is 10.4. The SMILES string of the molecule is CC1C(=O)c2ccccc2-n2nnnc21. The number of rotatable bonds is 0. The molecule has 1 aromatic heterocycles. The number of hydrogen-bond donors (Lipinski definition) is 0. The van der Waals surface area contributed by atoms with Crippen molar-refractivity contribution in [1.29, 1.82) is 0 Å². The maximum Gasteiger partial charge on any atom is 0.175 e. The van der Waals surface area contributed by atoms with Crippen molar-refractivity contribution < 1.29 is 4.79 Å². The van der Waals surface area contributed by atoms with Gasteiger partial charge in [0.05, 0.1) is 11.6 Å². The number of ketones is 1. The Labute approximate surface area is 85.7 Å². The van der Waals surface area contributed by atoms with Gasteiger partial charge in [-0.3, -0.25) is 4.79 Å². The van der Waals surface area contributed by atoms with Crippen LogP contribution in [-0.2, 0) is 0 Å². The molecule has 74 valence electrons. The summed E-state index contributed by atoms with van der Waals surface area (Å²) < 4.78 is 1.63. The molecule has 1 aliphatic rings. The van der Waals surface area contributed by atoms with Gasteiger partial charge in [0, 0.05) is 5.56 Å². The van der Waals surface area contributed by atoms with E-state index in [4.69, 9.17) is 0 Å². The van der Waals surface area contributed by atoms with Crippen LogP contribution in [0.2, 0.25) is 0 Å². The lowest BCUT2D eigenvalue weighted by Crippen LogP contribution is -2.23. The predicted molar refractivity (Wildman–Crippen MR) is 51.9 cm³/mol. The van der Waals surface area contributed by atoms with E-state index >= 15 is 0 Å². The smallest absolute Gasteiger partial charge is 0.175 e. The number of Topliss-reactive ketones (excluding diaryl/α,β-unsaturated/α-hetero) is 1. The van der Waals surface area contributed by atoms with Gasteiger partial charge >= 0.3 is 0 Å². The third-order valence-electron chi connectivity index (χ3n) is 2.67. The van der Waals surface area contributed by atoms with Gasteiger partial charge in [-0.25, -0.2) is 0 Å². The van der Waals surface area contributed by atoms with Gasteiger partial charge in [0.25, 0.3) is 0 Å². The van der Waals surface area contributed by atoms with Gasteiger partial charge < -0.3 is 0 Å². The van der Waals surface area contributed by atoms with Crippen molar-refractivity contribution >= 4 is 5.78 Å². The number of benzene rings is 1. The minimum atomic E-state index is -0.269. The molecule has 0 N–H and O–H groups in total. The Hall–Kier alpha value is -2.04. The van der Waals surface area contributed by atoms with Crippen molar-refractivity contribution in [1.82, 2.24) is 20.2 Å². The molecule has 0 radical (unpaired) electrons. The zero-order valence-electron chi connectivity index (χ0n) is 8.08. The fourth-order valence-electron chi connectivity index (χ4n) is 1.85. The second-order valence-corrected chi connectivity index (χ2v) is 3.55. The standard InChI is InChI=1S/C10H8N4O/c1-6-9(15)7-4-2-3-5-8(7)14-10(6)11-12-13-14/h2-6H,1H3. The molecule has 0 fully saturated rings. The normalized spacial score (nSPS) is 18.5. The van der Waals surface area contributed by atoms with Crippen molar-refractivity contribution in [3.63, 3.8) is 0 Å². The summed E-state index contributed by atoms with van der Waals surface area (Å²) in [6.45, 7) is 1.82. The topological polar surface area (TPSA) is 60.7 Å². The largest absolute Gasteiger partial charge is 0.293 e. The number of hydrogen-bond acceptors (Lipinski definition) is 4. The number of aromatic nitrogens is 4. The quantitative estimate of drug-likeness (QED) is 0.635. The molecule has 1 aromatic carbocycles. The maximum atomic E-state index is 12.0. The second-order valence-electron chi connectivity index (χ2n) is 3.55. The van der Waals surface area contributed by atoms with Gasteiger partial charge in [0.2, 0.25) is 0 Å². The molecule has 3 rings (SSSR count). The number of nitrogens with zero attached hydrogens (tertiary/aromatic N) is 4. The van der Waals surface area contributed by atoms with Crippen LogP contribution >= 0.6 is 0 Å². The van der Waals surface area contributed by atoms with E-state index in [0.717, 1.165) is 5.69 Å². The van der Waals surface area contributed by atoms with Gasteiger partial charge in [0.1, 0.15) is 0 Å². The molecule has 1 unspecified atom stereocenters. The van der Waals surface area contributed by atoms with Gasteiger partial charge in [-0.15, -0.1) is 5.10 Å². The molecule has 15 heavy (non-hydrogen) atoms. The Morgan fingerprint density at radius 2 is 2.13 bits per heavy atom. The summed E-state index contributed by atoms with van der Waals surface area (Å²) in [6, 6.07) is 7.37. The molecule has 5 nitrogen and oxygen atoms in total. The fourth-order valence-corrected chi connectivity index (χ4v) is 1.85. The van der Waals surface area contributed by atoms with Gasteiger partial charge in [-0.2, -0.15) is 4.68 Å². The van der Waals surface area contributed by atoms with Crippen LogP contribution in [0.1, 0.15) is 29.0 Å². The van der Waals surface area contributed by atoms with Crippen LogP contribution in [0, 0.1) is 0 Å². The van der Waals surface area contributed by atoms with E-state index in [1.165, 1.54) is 0 Å². The molecule has 0 bridgehead atoms. The first kappa shape index (κ1) is 8.28. The Balaban J connectivity index is 2.37. The summed E-state index contributed by atoms with van der Waals surface area (Å²) >= 11 is 0. The molecule has 0 saturated heterocycles. The van der Waals surface area contributed by atoms with E-state index in [1.807, 2.05) is 25.1 Å². The zero-order valence-corrected chi connectivity index (χ0v) is 8.08. The molecule has 0 spiro atoms. The molecule has 0 aliphatic carbocycles. The highest BCUT2D eigenvalue weighted by Crippen LogP contribution is 2.29. The molecule has 0 amide bonds. The van der Waals surface area contributed by atoms with Crippen LogP contribution in [-0.4, -0.2) is 26.0 Å². The minimum Gasteiger partial charge on any atom is -0.293 e. The lowest BCUT2D eigenvalue weighted by atomic mass is 9.94. The van der Waals surface area contributed by atoms with Crippen LogP contribution in [0.15, 0.2) is 24.3 Å². The lowest BCUT2D eigenvalue weighted by molar-refractivity contribution is 0.0956. The second kappa shape index (κ2) is 2.73. The minimum absolute atomic E-state index is 0.0768. The summed E-state index contributed by atoms with van der Waals surface area (Å²) in [5, 5.41) is 11.4. The summed E-state index contributed by atoms with van der Waals surface area (Å²) in [7, 11) is 0. The summed E-state index contributed by atoms with van der Waals surface area (Å²) in [5.41, 5.74) is 1.45. The first-order valence-corrected chi connectivity index (χ1v) is 4.71. The first-order chi connectivity index (χ1) is 7.29. The lowest BCUT2D eigenvalue weighted by Gasteiger charge is -2.19. The highest BCUT2D eigenvalue weighted by atomic mass is 16.1. The maximum absolute atomic E-state index is 12.0. The van der Waals surface area contributed by atoms with E-state index in [0.29, 0.717) is 11.4 Å². The Morgan fingerprint density at radius 3 is 3.00 bits per heavy atom. The Bertz CT molecular complexity index is 546. The van der Waals surface area contributed by atoms with Crippen molar-refractivity contribution in [2.24, 2.45) is 0 Å². The number of para-hydroxylation sites is 1. The molecule has 1 aliphatic heterocycles. The molecule has 0 saturated carbocycles. The van der Waals surface area contributed by atoms with Crippen LogP contribution in [0.4, 0.5) is 0 Å². The average molecular weight is 200 g/mol. The van der Waals surface area contributed by atoms with E-state index < -0.39 is 0 Å². The van der Waals surface area contributed by atoms with Crippen LogP contribution in [0.25, 0.3) is 5.69 Å². The van der Waals surface area contributed by atoms with Crippen molar-refractivity contribution in [2.45, 2.75) is 12.8 Å². The van der Waals surface area contributed by atoms with Crippen LogP contribution in [0.3, 0.4) is 0 Å². The van der Waals surface area contributed by atoms with Gasteiger partial charge in [-0.05, 0) is 29.5 Å². The molecular weight excluding hydrogens is 192 g/mol. The van der Waals surface area contributed by atoms with E-state index in [9.17, 15) is 4.79 Å². The highest BCUT2D eigenvalue weighted by molar-refractivity contribution is 6.04. The molecular formula is C10H8N4O. The fraction of sp³-hybridized carbons (Fsp3) is 0.200. The van der Waals surface area contributed by atoms with E-state index in [-0.39, 0.29) is 11.7 Å². The number of fused-ring (bicyclic) bond motifs is 3. The van der Waals surface area contributed by atoms with Gasteiger partial charge in [0.15, 0.2) is 11.6 Å². The predicted octanol–water partition coefficient (Wildman–Crippen LogP) is 0.962. The average Bonchev–Trinajstić information content (AvgIpc) is 2.75. The third-order valence-corrected chi connectivity index (χ3v) is 2.67. The molecule has 2 aromatic rings.